The Kier molecular flexibility index (Phi) is 3.81. The van der Waals surface area contributed by atoms with Gasteiger partial charge in [-0.2, -0.15) is 0 Å². The van der Waals surface area contributed by atoms with E-state index in [0.717, 1.165) is 18.2 Å². The van der Waals surface area contributed by atoms with Crippen molar-refractivity contribution >= 4 is 26.2 Å². The van der Waals surface area contributed by atoms with Gasteiger partial charge in [0.15, 0.2) is 5.85 Å². The molecular weight excluding hydrogens is 272 g/mol. The van der Waals surface area contributed by atoms with Crippen LogP contribution in [0.15, 0.2) is 18.2 Å². The largest absolute Gasteiger partial charge is 0.398 e. The van der Waals surface area contributed by atoms with Crippen LogP contribution in [0.2, 0.25) is 0 Å². The molecule has 0 aliphatic rings. The number of nitrogens with two attached hydrogens (primary N) is 1. The molecule has 0 radical (unpaired) electrons. The highest BCUT2D eigenvalue weighted by atomic mass is 31.2. The van der Waals surface area contributed by atoms with Crippen molar-refractivity contribution < 1.29 is 33.8 Å². The van der Waals surface area contributed by atoms with Crippen LogP contribution in [0.25, 0.3) is 0 Å². The minimum Gasteiger partial charge on any atom is -0.398 e. The van der Waals surface area contributed by atoms with Crippen molar-refractivity contribution in [2.24, 2.45) is 0 Å². The van der Waals surface area contributed by atoms with E-state index >= 15 is 0 Å². The monoisotopic (exact) mass is 283 g/mol. The molecule has 0 aliphatic heterocycles. The van der Waals surface area contributed by atoms with E-state index < -0.39 is 26.3 Å². The van der Waals surface area contributed by atoms with Gasteiger partial charge < -0.3 is 30.4 Å². The number of anilines is 1. The summed E-state index contributed by atoms with van der Waals surface area (Å²) in [5.74, 6) is -2.12. The number of nitrogen functional groups attached to an aromatic ring is 1. The maximum absolute atomic E-state index is 10.9. The van der Waals surface area contributed by atoms with E-state index in [1.165, 1.54) is 0 Å². The lowest BCUT2D eigenvalue weighted by atomic mass is 10.2. The molecule has 8 nitrogen and oxygen atoms in total. The van der Waals surface area contributed by atoms with E-state index in [1.54, 1.807) is 0 Å². The first-order valence-electron chi connectivity index (χ1n) is 4.22. The molecule has 0 saturated heterocycles. The Balaban J connectivity index is 3.24. The van der Waals surface area contributed by atoms with Gasteiger partial charge in [0.1, 0.15) is 0 Å². The number of hydrogen-bond donors (Lipinski definition) is 6. The molecule has 1 rings (SSSR count). The molecule has 0 aliphatic carbocycles. The fourth-order valence-corrected chi connectivity index (χ4v) is 2.33. The number of rotatable bonds is 3. The van der Waals surface area contributed by atoms with Crippen molar-refractivity contribution in [2.75, 3.05) is 5.73 Å². The average molecular weight is 283 g/mol. The maximum atomic E-state index is 10.9. The lowest BCUT2D eigenvalue weighted by Crippen LogP contribution is -2.09. The molecule has 1 atom stereocenters. The van der Waals surface area contributed by atoms with Gasteiger partial charge in [-0.05, 0) is 12.1 Å². The summed E-state index contributed by atoms with van der Waals surface area (Å²) < 4.78 is 21.7. The van der Waals surface area contributed by atoms with Crippen molar-refractivity contribution in [1.82, 2.24) is 0 Å². The first-order valence-corrected chi connectivity index (χ1v) is 7.51. The van der Waals surface area contributed by atoms with Crippen molar-refractivity contribution in [2.45, 2.75) is 5.85 Å². The Morgan fingerprint density at radius 1 is 1.12 bits per heavy atom. The van der Waals surface area contributed by atoms with Gasteiger partial charge in [-0.15, -0.1) is 0 Å². The number of benzene rings is 1. The lowest BCUT2D eigenvalue weighted by molar-refractivity contribution is 0.206. The fourth-order valence-electron chi connectivity index (χ4n) is 1.16. The Morgan fingerprint density at radius 2 is 1.65 bits per heavy atom. The van der Waals surface area contributed by atoms with Crippen LogP contribution in [0.1, 0.15) is 11.4 Å². The molecule has 0 fully saturated rings. The summed E-state index contributed by atoms with van der Waals surface area (Å²) in [5, 5.41) is 8.90. The highest BCUT2D eigenvalue weighted by molar-refractivity contribution is 7.60. The molecule has 1 unspecified atom stereocenters. The first-order chi connectivity index (χ1) is 7.53. The van der Waals surface area contributed by atoms with Gasteiger partial charge in [-0.3, -0.25) is 9.13 Å². The zero-order valence-electron chi connectivity index (χ0n) is 8.33. The molecule has 0 amide bonds. The third kappa shape index (κ3) is 3.37. The summed E-state index contributed by atoms with van der Waals surface area (Å²) in [6.45, 7) is 0. The van der Waals surface area contributed by atoms with Gasteiger partial charge >= 0.3 is 15.2 Å². The van der Waals surface area contributed by atoms with Gasteiger partial charge in [-0.1, -0.05) is 6.07 Å². The van der Waals surface area contributed by atoms with Crippen molar-refractivity contribution in [1.29, 1.82) is 0 Å². The zero-order chi connectivity index (χ0) is 13.4. The molecule has 10 heteroatoms. The second-order valence-electron chi connectivity index (χ2n) is 3.32. The van der Waals surface area contributed by atoms with Gasteiger partial charge in [0.05, 0.1) is 5.30 Å². The van der Waals surface area contributed by atoms with Crippen LogP contribution in [0.5, 0.6) is 0 Å². The molecule has 0 heterocycles. The standard InChI is InChI=1S/C7H11NO7P2/c8-6-3-4(16(10,11)12)1-2-5(6)7(9)17(13,14)15/h1-3,7,9H,8H2,(H2,10,11,12)(H2,13,14,15). The van der Waals surface area contributed by atoms with E-state index in [9.17, 15) is 14.2 Å². The van der Waals surface area contributed by atoms with E-state index in [-0.39, 0.29) is 11.3 Å². The van der Waals surface area contributed by atoms with Crippen LogP contribution in [0.3, 0.4) is 0 Å². The van der Waals surface area contributed by atoms with Crippen LogP contribution >= 0.6 is 15.2 Å². The van der Waals surface area contributed by atoms with Gasteiger partial charge in [0, 0.05) is 11.3 Å². The van der Waals surface area contributed by atoms with Crippen LogP contribution in [-0.2, 0) is 9.13 Å². The molecule has 1 aromatic carbocycles. The topological polar surface area (TPSA) is 161 Å². The summed E-state index contributed by atoms with van der Waals surface area (Å²) in [7, 11) is -9.27. The molecule has 0 spiro atoms. The molecule has 0 bridgehead atoms. The normalized spacial score (nSPS) is 14.6. The highest BCUT2D eigenvalue weighted by Crippen LogP contribution is 2.51. The summed E-state index contributed by atoms with van der Waals surface area (Å²) >= 11 is 0. The Morgan fingerprint density at radius 3 is 2.00 bits per heavy atom. The second-order valence-corrected chi connectivity index (χ2v) is 6.59. The molecule has 96 valence electrons. The molecule has 0 saturated carbocycles. The van der Waals surface area contributed by atoms with Crippen LogP contribution in [-0.4, -0.2) is 24.7 Å². The minimum absolute atomic E-state index is 0.282. The van der Waals surface area contributed by atoms with Gasteiger partial charge in [0.25, 0.3) is 0 Å². The third-order valence-corrected chi connectivity index (χ3v) is 3.87. The van der Waals surface area contributed by atoms with Crippen molar-refractivity contribution in [3.63, 3.8) is 0 Å². The maximum Gasteiger partial charge on any atom is 0.358 e. The summed E-state index contributed by atoms with van der Waals surface area (Å²) in [6, 6.07) is 2.79. The van der Waals surface area contributed by atoms with Gasteiger partial charge in [-0.25, -0.2) is 0 Å². The van der Waals surface area contributed by atoms with Crippen LogP contribution in [0.4, 0.5) is 5.69 Å². The SMILES string of the molecule is Nc1cc(P(=O)(O)O)ccc1C(O)P(=O)(O)O. The smallest absolute Gasteiger partial charge is 0.358 e. The minimum atomic E-state index is -4.78. The molecule has 0 aromatic heterocycles. The van der Waals surface area contributed by atoms with Crippen molar-refractivity contribution in [3.05, 3.63) is 23.8 Å². The molecule has 1 aromatic rings. The first kappa shape index (κ1) is 14.3. The Hall–Kier alpha value is -0.720. The lowest BCUT2D eigenvalue weighted by Gasteiger charge is -2.15. The summed E-state index contributed by atoms with van der Waals surface area (Å²) in [6.07, 6.45) is 0. The molecular formula is C7H11NO7P2. The van der Waals surface area contributed by atoms with E-state index in [2.05, 4.69) is 0 Å². The van der Waals surface area contributed by atoms with E-state index in [1.807, 2.05) is 0 Å². The second kappa shape index (κ2) is 4.51. The van der Waals surface area contributed by atoms with E-state index in [4.69, 9.17) is 25.3 Å². The Bertz CT molecular complexity index is 519. The summed E-state index contributed by atoms with van der Waals surface area (Å²) in [4.78, 5) is 35.2. The molecule has 7 N–H and O–H groups in total. The summed E-state index contributed by atoms with van der Waals surface area (Å²) in [5.41, 5.74) is 4.78. The third-order valence-electron chi connectivity index (χ3n) is 2.00. The van der Waals surface area contributed by atoms with Crippen LogP contribution in [0, 0.1) is 0 Å². The predicted octanol–water partition coefficient (Wildman–Crippen LogP) is -0.760. The quantitative estimate of drug-likeness (QED) is 0.311. The van der Waals surface area contributed by atoms with Crippen molar-refractivity contribution in [3.8, 4) is 0 Å². The fraction of sp³-hybridized carbons (Fsp3) is 0.143. The van der Waals surface area contributed by atoms with E-state index in [0.29, 0.717) is 0 Å². The zero-order valence-corrected chi connectivity index (χ0v) is 10.1. The number of hydrogen-bond acceptors (Lipinski definition) is 4. The average Bonchev–Trinajstić information content (AvgIpc) is 2.13. The van der Waals surface area contributed by atoms with Crippen LogP contribution < -0.4 is 11.0 Å². The van der Waals surface area contributed by atoms with Gasteiger partial charge in [0.2, 0.25) is 0 Å². The Labute approximate surface area is 96.0 Å². The molecule has 17 heavy (non-hydrogen) atoms. The predicted molar refractivity (Wildman–Crippen MR) is 59.5 cm³/mol. The number of aliphatic hydroxyl groups is 1. The highest BCUT2D eigenvalue weighted by Gasteiger charge is 2.30. The number of aliphatic hydroxyl groups excluding tert-OH is 1.